The molecule has 0 heterocycles. The van der Waals surface area contributed by atoms with Crippen molar-refractivity contribution < 1.29 is 4.92 Å². The molecule has 1 aromatic carbocycles. The Kier molecular flexibility index (Phi) is 5.76. The first kappa shape index (κ1) is 15.4. The van der Waals surface area contributed by atoms with Crippen LogP contribution in [0, 0.1) is 10.1 Å². The normalized spacial score (nSPS) is 11.1. The lowest BCUT2D eigenvalue weighted by atomic mass is 10.1. The van der Waals surface area contributed by atoms with E-state index in [-0.39, 0.29) is 10.6 Å². The molecular weight excluding hydrogens is 242 g/mol. The molecule has 0 saturated heterocycles. The summed E-state index contributed by atoms with van der Waals surface area (Å²) in [5.41, 5.74) is 1.78. The van der Waals surface area contributed by atoms with E-state index in [1.807, 2.05) is 12.1 Å². The molecule has 5 heteroatoms. The summed E-state index contributed by atoms with van der Waals surface area (Å²) in [6.07, 6.45) is 2.22. The zero-order chi connectivity index (χ0) is 14.4. The number of hydrogen-bond donors (Lipinski definition) is 1. The highest BCUT2D eigenvalue weighted by Gasteiger charge is 2.15. The van der Waals surface area contributed by atoms with E-state index in [0.717, 1.165) is 24.9 Å². The molecule has 0 aliphatic carbocycles. The third-order valence-corrected chi connectivity index (χ3v) is 3.52. The fourth-order valence-electron chi connectivity index (χ4n) is 2.37. The molecule has 0 amide bonds. The van der Waals surface area contributed by atoms with E-state index in [2.05, 4.69) is 31.1 Å². The molecule has 0 aromatic heterocycles. The van der Waals surface area contributed by atoms with Gasteiger partial charge in [0, 0.05) is 25.7 Å². The van der Waals surface area contributed by atoms with Gasteiger partial charge in [-0.1, -0.05) is 19.9 Å². The largest absolute Gasteiger partial charge is 0.383 e. The standard InChI is InChI=1S/C14H23N3O2/c1-5-12(6-2)16(4)10-11-7-8-14(17(18)19)13(9-11)15-3/h7-9,12,15H,5-6,10H2,1-4H3. The van der Waals surface area contributed by atoms with Gasteiger partial charge >= 0.3 is 0 Å². The van der Waals surface area contributed by atoms with Crippen molar-refractivity contribution in [1.82, 2.24) is 4.90 Å². The summed E-state index contributed by atoms with van der Waals surface area (Å²) in [4.78, 5) is 12.8. The highest BCUT2D eigenvalue weighted by molar-refractivity contribution is 5.62. The number of anilines is 1. The first-order valence-electron chi connectivity index (χ1n) is 6.68. The predicted octanol–water partition coefficient (Wildman–Crippen LogP) is 3.26. The van der Waals surface area contributed by atoms with Crippen LogP contribution in [-0.2, 0) is 6.54 Å². The van der Waals surface area contributed by atoms with Gasteiger partial charge in [-0.15, -0.1) is 0 Å². The summed E-state index contributed by atoms with van der Waals surface area (Å²) in [7, 11) is 3.80. The van der Waals surface area contributed by atoms with Crippen LogP contribution >= 0.6 is 0 Å². The van der Waals surface area contributed by atoms with Gasteiger partial charge in [0.2, 0.25) is 0 Å². The van der Waals surface area contributed by atoms with Crippen molar-refractivity contribution in [2.75, 3.05) is 19.4 Å². The molecule has 0 spiro atoms. The monoisotopic (exact) mass is 265 g/mol. The molecule has 1 N–H and O–H groups in total. The van der Waals surface area contributed by atoms with Crippen LogP contribution in [0.2, 0.25) is 0 Å². The minimum absolute atomic E-state index is 0.122. The van der Waals surface area contributed by atoms with Gasteiger partial charge in [-0.2, -0.15) is 0 Å². The average Bonchev–Trinajstić information content (AvgIpc) is 2.39. The Labute approximate surface area is 114 Å². The number of nitrogens with one attached hydrogen (secondary N) is 1. The summed E-state index contributed by atoms with van der Waals surface area (Å²) < 4.78 is 0. The second-order valence-corrected chi connectivity index (χ2v) is 4.74. The van der Waals surface area contributed by atoms with E-state index in [9.17, 15) is 10.1 Å². The van der Waals surface area contributed by atoms with Crippen LogP contribution in [0.5, 0.6) is 0 Å². The minimum atomic E-state index is -0.361. The maximum absolute atomic E-state index is 10.9. The van der Waals surface area contributed by atoms with Gasteiger partial charge in [-0.25, -0.2) is 0 Å². The van der Waals surface area contributed by atoms with E-state index in [4.69, 9.17) is 0 Å². The number of rotatable bonds is 7. The van der Waals surface area contributed by atoms with Gasteiger partial charge in [0.1, 0.15) is 5.69 Å². The molecule has 19 heavy (non-hydrogen) atoms. The van der Waals surface area contributed by atoms with Gasteiger partial charge in [0.15, 0.2) is 0 Å². The average molecular weight is 265 g/mol. The van der Waals surface area contributed by atoms with E-state index in [1.54, 1.807) is 13.1 Å². The fourth-order valence-corrected chi connectivity index (χ4v) is 2.37. The van der Waals surface area contributed by atoms with E-state index in [1.165, 1.54) is 0 Å². The van der Waals surface area contributed by atoms with Gasteiger partial charge in [0.25, 0.3) is 5.69 Å². The summed E-state index contributed by atoms with van der Waals surface area (Å²) >= 11 is 0. The van der Waals surface area contributed by atoms with Crippen LogP contribution in [0.4, 0.5) is 11.4 Å². The first-order valence-corrected chi connectivity index (χ1v) is 6.68. The Balaban J connectivity index is 2.88. The maximum atomic E-state index is 10.9. The van der Waals surface area contributed by atoms with E-state index >= 15 is 0 Å². The number of nitro groups is 1. The van der Waals surface area contributed by atoms with Crippen LogP contribution in [0.1, 0.15) is 32.3 Å². The van der Waals surface area contributed by atoms with Gasteiger partial charge < -0.3 is 5.32 Å². The molecule has 0 unspecified atom stereocenters. The Hall–Kier alpha value is -1.62. The minimum Gasteiger partial charge on any atom is -0.383 e. The summed E-state index contributed by atoms with van der Waals surface area (Å²) in [5.74, 6) is 0. The van der Waals surface area contributed by atoms with Crippen molar-refractivity contribution in [2.45, 2.75) is 39.3 Å². The molecule has 0 fully saturated rings. The molecule has 0 aliphatic rings. The Morgan fingerprint density at radius 2 is 2.00 bits per heavy atom. The Bertz CT molecular complexity index is 431. The molecular formula is C14H23N3O2. The van der Waals surface area contributed by atoms with Crippen molar-refractivity contribution in [3.63, 3.8) is 0 Å². The van der Waals surface area contributed by atoms with Crippen LogP contribution < -0.4 is 5.32 Å². The van der Waals surface area contributed by atoms with Gasteiger partial charge in [-0.3, -0.25) is 15.0 Å². The topological polar surface area (TPSA) is 58.4 Å². The lowest BCUT2D eigenvalue weighted by Gasteiger charge is -2.26. The molecule has 1 rings (SSSR count). The lowest BCUT2D eigenvalue weighted by Crippen LogP contribution is -2.29. The second kappa shape index (κ2) is 7.09. The summed E-state index contributed by atoms with van der Waals surface area (Å²) in [6.45, 7) is 5.16. The third-order valence-electron chi connectivity index (χ3n) is 3.52. The van der Waals surface area contributed by atoms with Gasteiger partial charge in [0.05, 0.1) is 4.92 Å². The zero-order valence-corrected chi connectivity index (χ0v) is 12.1. The molecule has 1 aromatic rings. The van der Waals surface area contributed by atoms with Crippen LogP contribution in [0.15, 0.2) is 18.2 Å². The molecule has 0 atom stereocenters. The maximum Gasteiger partial charge on any atom is 0.292 e. The van der Waals surface area contributed by atoms with Crippen LogP contribution in [0.25, 0.3) is 0 Å². The quantitative estimate of drug-likeness (QED) is 0.607. The smallest absolute Gasteiger partial charge is 0.292 e. The van der Waals surface area contributed by atoms with Crippen molar-refractivity contribution in [2.24, 2.45) is 0 Å². The molecule has 0 saturated carbocycles. The Morgan fingerprint density at radius 3 is 2.47 bits per heavy atom. The molecule has 0 aliphatic heterocycles. The SMILES string of the molecule is CCC(CC)N(C)Cc1ccc([N+](=O)[O-])c(NC)c1. The molecule has 0 bridgehead atoms. The highest BCUT2D eigenvalue weighted by Crippen LogP contribution is 2.25. The fraction of sp³-hybridized carbons (Fsp3) is 0.571. The van der Waals surface area contributed by atoms with Gasteiger partial charge in [-0.05, 0) is 31.5 Å². The highest BCUT2D eigenvalue weighted by atomic mass is 16.6. The second-order valence-electron chi connectivity index (χ2n) is 4.74. The zero-order valence-electron chi connectivity index (χ0n) is 12.1. The summed E-state index contributed by atoms with van der Waals surface area (Å²) in [5, 5.41) is 13.8. The summed E-state index contributed by atoms with van der Waals surface area (Å²) in [6, 6.07) is 5.81. The van der Waals surface area contributed by atoms with Crippen LogP contribution in [-0.4, -0.2) is 30.0 Å². The predicted molar refractivity (Wildman–Crippen MR) is 78.5 cm³/mol. The number of hydrogen-bond acceptors (Lipinski definition) is 4. The number of benzene rings is 1. The lowest BCUT2D eigenvalue weighted by molar-refractivity contribution is -0.384. The Morgan fingerprint density at radius 1 is 1.37 bits per heavy atom. The molecule has 106 valence electrons. The third kappa shape index (κ3) is 3.92. The molecule has 0 radical (unpaired) electrons. The molecule has 5 nitrogen and oxygen atoms in total. The van der Waals surface area contributed by atoms with E-state index < -0.39 is 0 Å². The van der Waals surface area contributed by atoms with Crippen molar-refractivity contribution in [1.29, 1.82) is 0 Å². The number of nitrogens with zero attached hydrogens (tertiary/aromatic N) is 2. The first-order chi connectivity index (χ1) is 9.03. The van der Waals surface area contributed by atoms with Crippen molar-refractivity contribution in [3.8, 4) is 0 Å². The van der Waals surface area contributed by atoms with Crippen LogP contribution in [0.3, 0.4) is 0 Å². The van der Waals surface area contributed by atoms with Crippen molar-refractivity contribution in [3.05, 3.63) is 33.9 Å². The van der Waals surface area contributed by atoms with Crippen molar-refractivity contribution >= 4 is 11.4 Å². The van der Waals surface area contributed by atoms with E-state index in [0.29, 0.717) is 11.7 Å². The number of nitro benzene ring substituents is 1.